The molecule has 0 atom stereocenters. The highest BCUT2D eigenvalue weighted by atomic mass is 32.2. The van der Waals surface area contributed by atoms with Crippen LogP contribution < -0.4 is 5.43 Å². The number of hydrogen-bond acceptors (Lipinski definition) is 4. The summed E-state index contributed by atoms with van der Waals surface area (Å²) in [5.41, 5.74) is 0.860. The van der Waals surface area contributed by atoms with E-state index >= 15 is 0 Å². The van der Waals surface area contributed by atoms with Crippen LogP contribution in [-0.4, -0.2) is 16.3 Å². The summed E-state index contributed by atoms with van der Waals surface area (Å²) in [4.78, 5) is 24.8. The highest BCUT2D eigenvalue weighted by Crippen LogP contribution is 2.37. The molecule has 1 aliphatic rings. The Balaban J connectivity index is 1.87. The minimum Gasteiger partial charge on any atom is -0.478 e. The lowest BCUT2D eigenvalue weighted by molar-refractivity contribution is 0.0697. The lowest BCUT2D eigenvalue weighted by Crippen LogP contribution is -2.12. The quantitative estimate of drug-likeness (QED) is 0.727. The molecule has 0 radical (unpaired) electrons. The normalized spacial score (nSPS) is 15.0. The van der Waals surface area contributed by atoms with Gasteiger partial charge in [0.05, 0.1) is 16.3 Å². The Morgan fingerprint density at radius 1 is 1.09 bits per heavy atom. The molecule has 1 aliphatic carbocycles. The average molecular weight is 326 g/mol. The van der Waals surface area contributed by atoms with E-state index in [1.54, 1.807) is 12.1 Å². The van der Waals surface area contributed by atoms with Crippen molar-refractivity contribution in [1.82, 2.24) is 0 Å². The first kappa shape index (κ1) is 14.3. The van der Waals surface area contributed by atoms with Crippen molar-refractivity contribution in [2.75, 3.05) is 0 Å². The Labute approximate surface area is 136 Å². The van der Waals surface area contributed by atoms with Crippen LogP contribution in [-0.2, 0) is 0 Å². The zero-order valence-electron chi connectivity index (χ0n) is 12.2. The van der Waals surface area contributed by atoms with Gasteiger partial charge in [0.2, 0.25) is 5.43 Å². The van der Waals surface area contributed by atoms with E-state index in [1.165, 1.54) is 31.4 Å². The van der Waals surface area contributed by atoms with Crippen LogP contribution in [0.15, 0.2) is 50.5 Å². The van der Waals surface area contributed by atoms with Gasteiger partial charge in [0.25, 0.3) is 0 Å². The molecule has 0 bridgehead atoms. The Morgan fingerprint density at radius 2 is 1.91 bits per heavy atom. The second kappa shape index (κ2) is 5.42. The highest BCUT2D eigenvalue weighted by molar-refractivity contribution is 8.00. The van der Waals surface area contributed by atoms with E-state index in [-0.39, 0.29) is 11.0 Å². The molecule has 0 unspecified atom stereocenters. The molecule has 0 spiro atoms. The standard InChI is InChI=1S/C18H14O4S/c19-17-13-6-5-12(23-11-2-1-3-11)9-16(13)22-15-7-4-10(18(20)21)8-14(15)17/h4-9,11H,1-3H2,(H,20,21). The fourth-order valence-corrected chi connectivity index (χ4v) is 4.00. The minimum absolute atomic E-state index is 0.0845. The second-order valence-corrected chi connectivity index (χ2v) is 7.15. The predicted octanol–water partition coefficient (Wildman–Crippen LogP) is 4.29. The Kier molecular flexibility index (Phi) is 3.38. The van der Waals surface area contributed by atoms with E-state index in [0.29, 0.717) is 27.2 Å². The summed E-state index contributed by atoms with van der Waals surface area (Å²) >= 11 is 1.82. The van der Waals surface area contributed by atoms with Crippen molar-refractivity contribution >= 4 is 39.7 Å². The van der Waals surface area contributed by atoms with Gasteiger partial charge in [-0.1, -0.05) is 6.42 Å². The number of hydrogen-bond donors (Lipinski definition) is 1. The van der Waals surface area contributed by atoms with E-state index in [0.717, 1.165) is 4.90 Å². The van der Waals surface area contributed by atoms with Crippen LogP contribution in [0.4, 0.5) is 0 Å². The van der Waals surface area contributed by atoms with Crippen molar-refractivity contribution < 1.29 is 14.3 Å². The van der Waals surface area contributed by atoms with Crippen molar-refractivity contribution in [3.63, 3.8) is 0 Å². The van der Waals surface area contributed by atoms with Gasteiger partial charge in [0.15, 0.2) is 0 Å². The van der Waals surface area contributed by atoms with Gasteiger partial charge in [0, 0.05) is 10.1 Å². The average Bonchev–Trinajstić information content (AvgIpc) is 2.50. The molecule has 5 heteroatoms. The number of carbonyl (C=O) groups is 1. The SMILES string of the molecule is O=C(O)c1ccc2oc3cc(SC4CCC4)ccc3c(=O)c2c1. The molecule has 116 valence electrons. The molecule has 4 nitrogen and oxygen atoms in total. The van der Waals surface area contributed by atoms with E-state index in [1.807, 2.05) is 23.9 Å². The molecule has 0 aliphatic heterocycles. The van der Waals surface area contributed by atoms with Gasteiger partial charge in [-0.25, -0.2) is 4.79 Å². The molecule has 1 N–H and O–H groups in total. The fourth-order valence-electron chi connectivity index (χ4n) is 2.72. The van der Waals surface area contributed by atoms with E-state index < -0.39 is 5.97 Å². The van der Waals surface area contributed by atoms with Gasteiger partial charge in [0.1, 0.15) is 11.2 Å². The van der Waals surface area contributed by atoms with Gasteiger partial charge in [-0.2, -0.15) is 0 Å². The van der Waals surface area contributed by atoms with Crippen LogP contribution >= 0.6 is 11.8 Å². The van der Waals surface area contributed by atoms with Crippen LogP contribution in [0.5, 0.6) is 0 Å². The molecular weight excluding hydrogens is 312 g/mol. The molecule has 1 aromatic heterocycles. The summed E-state index contributed by atoms with van der Waals surface area (Å²) < 4.78 is 5.83. The van der Waals surface area contributed by atoms with Crippen molar-refractivity contribution in [3.05, 3.63) is 52.2 Å². The number of aromatic carboxylic acids is 1. The lowest BCUT2D eigenvalue weighted by Gasteiger charge is -2.24. The lowest BCUT2D eigenvalue weighted by atomic mass is 10.00. The zero-order valence-corrected chi connectivity index (χ0v) is 13.1. The number of benzene rings is 2. The van der Waals surface area contributed by atoms with Crippen LogP contribution in [0.3, 0.4) is 0 Å². The van der Waals surface area contributed by atoms with Crippen molar-refractivity contribution in [1.29, 1.82) is 0 Å². The van der Waals surface area contributed by atoms with Crippen molar-refractivity contribution in [3.8, 4) is 0 Å². The topological polar surface area (TPSA) is 67.5 Å². The number of thioether (sulfide) groups is 1. The molecule has 1 heterocycles. The number of carboxylic acid groups (broad SMARTS) is 1. The van der Waals surface area contributed by atoms with E-state index in [9.17, 15) is 9.59 Å². The summed E-state index contributed by atoms with van der Waals surface area (Å²) in [5, 5.41) is 10.5. The first-order valence-electron chi connectivity index (χ1n) is 7.52. The third kappa shape index (κ3) is 2.51. The maximum atomic E-state index is 12.6. The van der Waals surface area contributed by atoms with Gasteiger partial charge >= 0.3 is 5.97 Å². The Hall–Kier alpha value is -2.27. The number of fused-ring (bicyclic) bond motifs is 2. The first-order chi connectivity index (χ1) is 11.1. The molecule has 0 amide bonds. The summed E-state index contributed by atoms with van der Waals surface area (Å²) in [5.74, 6) is -1.06. The maximum Gasteiger partial charge on any atom is 0.335 e. The molecule has 2 aromatic carbocycles. The summed E-state index contributed by atoms with van der Waals surface area (Å²) in [6, 6.07) is 9.99. The first-order valence-corrected chi connectivity index (χ1v) is 8.40. The molecule has 1 saturated carbocycles. The van der Waals surface area contributed by atoms with E-state index in [2.05, 4.69) is 0 Å². The molecule has 1 fully saturated rings. The Bertz CT molecular complexity index is 985. The largest absolute Gasteiger partial charge is 0.478 e. The van der Waals surface area contributed by atoms with Crippen molar-refractivity contribution in [2.45, 2.75) is 29.4 Å². The van der Waals surface area contributed by atoms with Gasteiger partial charge in [-0.05, 0) is 49.2 Å². The number of rotatable bonds is 3. The number of carboxylic acids is 1. The third-order valence-electron chi connectivity index (χ3n) is 4.24. The molecule has 0 saturated heterocycles. The van der Waals surface area contributed by atoms with Gasteiger partial charge in [-0.15, -0.1) is 11.8 Å². The molecule has 4 rings (SSSR count). The van der Waals surface area contributed by atoms with Crippen LogP contribution in [0.1, 0.15) is 29.6 Å². The molecule has 23 heavy (non-hydrogen) atoms. The molecular formula is C18H14O4S. The summed E-state index contributed by atoms with van der Waals surface area (Å²) in [7, 11) is 0. The van der Waals surface area contributed by atoms with Gasteiger partial charge in [-0.3, -0.25) is 4.79 Å². The zero-order chi connectivity index (χ0) is 16.0. The summed E-state index contributed by atoms with van der Waals surface area (Å²) in [6.07, 6.45) is 3.77. The molecule has 3 aromatic rings. The van der Waals surface area contributed by atoms with E-state index in [4.69, 9.17) is 9.52 Å². The summed E-state index contributed by atoms with van der Waals surface area (Å²) in [6.45, 7) is 0. The van der Waals surface area contributed by atoms with Crippen LogP contribution in [0, 0.1) is 0 Å². The predicted molar refractivity (Wildman–Crippen MR) is 90.4 cm³/mol. The third-order valence-corrected chi connectivity index (χ3v) is 5.57. The minimum atomic E-state index is -1.06. The monoisotopic (exact) mass is 326 g/mol. The van der Waals surface area contributed by atoms with Crippen LogP contribution in [0.2, 0.25) is 0 Å². The maximum absolute atomic E-state index is 12.6. The van der Waals surface area contributed by atoms with Crippen LogP contribution in [0.25, 0.3) is 21.9 Å². The Morgan fingerprint density at radius 3 is 2.61 bits per heavy atom. The van der Waals surface area contributed by atoms with Gasteiger partial charge < -0.3 is 9.52 Å². The highest BCUT2D eigenvalue weighted by Gasteiger charge is 2.19. The smallest absolute Gasteiger partial charge is 0.335 e. The van der Waals surface area contributed by atoms with Crippen molar-refractivity contribution in [2.24, 2.45) is 0 Å². The fraction of sp³-hybridized carbons (Fsp3) is 0.222. The second-order valence-electron chi connectivity index (χ2n) is 5.78.